The molecule has 0 spiro atoms. The number of aryl methyl sites for hydroxylation is 2. The molecule has 0 saturated heterocycles. The van der Waals surface area contributed by atoms with E-state index in [4.69, 9.17) is 14.2 Å². The lowest BCUT2D eigenvalue weighted by Crippen LogP contribution is -2.22. The first kappa shape index (κ1) is 19.2. The van der Waals surface area contributed by atoms with Crippen LogP contribution >= 0.6 is 11.3 Å². The van der Waals surface area contributed by atoms with Gasteiger partial charge in [-0.3, -0.25) is 9.59 Å². The molecule has 0 fully saturated rings. The van der Waals surface area contributed by atoms with Gasteiger partial charge in [0.15, 0.2) is 16.3 Å². The Morgan fingerprint density at radius 2 is 1.90 bits per heavy atom. The van der Waals surface area contributed by atoms with Gasteiger partial charge >= 0.3 is 5.97 Å². The zero-order valence-electron chi connectivity index (χ0n) is 16.4. The third-order valence-electron chi connectivity index (χ3n) is 4.84. The van der Waals surface area contributed by atoms with Crippen LogP contribution in [0.3, 0.4) is 0 Å². The molecule has 2 aromatic carbocycles. The largest absolute Gasteiger partial charge is 0.468 e. The molecule has 8 heteroatoms. The number of hydrogen-bond donors (Lipinski definition) is 0. The van der Waals surface area contributed by atoms with Crippen LogP contribution in [0, 0.1) is 13.8 Å². The highest BCUT2D eigenvalue weighted by molar-refractivity contribution is 7.16. The Balaban J connectivity index is 1.74. The van der Waals surface area contributed by atoms with Crippen molar-refractivity contribution in [1.29, 1.82) is 0 Å². The van der Waals surface area contributed by atoms with Crippen molar-refractivity contribution in [2.45, 2.75) is 26.8 Å². The van der Waals surface area contributed by atoms with Crippen molar-refractivity contribution in [3.05, 3.63) is 51.8 Å². The van der Waals surface area contributed by atoms with Gasteiger partial charge in [-0.2, -0.15) is 4.99 Å². The number of ether oxygens (including phenoxy) is 3. The number of hydrogen-bond acceptors (Lipinski definition) is 6. The summed E-state index contributed by atoms with van der Waals surface area (Å²) in [5.74, 6) is 0.530. The van der Waals surface area contributed by atoms with E-state index >= 15 is 0 Å². The van der Waals surface area contributed by atoms with Crippen LogP contribution in [0.1, 0.15) is 16.7 Å². The number of esters is 1. The second-order valence-electron chi connectivity index (χ2n) is 6.82. The fourth-order valence-electron chi connectivity index (χ4n) is 3.13. The first-order valence-electron chi connectivity index (χ1n) is 9.08. The maximum absolute atomic E-state index is 12.6. The van der Waals surface area contributed by atoms with Gasteiger partial charge in [-0.25, -0.2) is 0 Å². The van der Waals surface area contributed by atoms with Crippen LogP contribution in [0.15, 0.2) is 35.3 Å². The summed E-state index contributed by atoms with van der Waals surface area (Å²) in [5, 5.41) is 0. The van der Waals surface area contributed by atoms with E-state index in [2.05, 4.69) is 4.99 Å². The number of methoxy groups -OCH3 is 1. The molecule has 0 radical (unpaired) electrons. The Kier molecular flexibility index (Phi) is 5.10. The van der Waals surface area contributed by atoms with Gasteiger partial charge in [-0.05, 0) is 30.5 Å². The Hall–Kier alpha value is -3.13. The highest BCUT2D eigenvalue weighted by Gasteiger charge is 2.19. The molecule has 1 aliphatic rings. The van der Waals surface area contributed by atoms with E-state index < -0.39 is 5.97 Å². The van der Waals surface area contributed by atoms with E-state index in [1.54, 1.807) is 10.6 Å². The number of aromatic nitrogens is 1. The quantitative estimate of drug-likeness (QED) is 0.616. The second-order valence-corrected chi connectivity index (χ2v) is 7.83. The summed E-state index contributed by atoms with van der Waals surface area (Å²) in [6.45, 7) is 4.16. The van der Waals surface area contributed by atoms with Crippen LogP contribution < -0.4 is 14.3 Å². The first-order valence-corrected chi connectivity index (χ1v) is 9.90. The highest BCUT2D eigenvalue weighted by atomic mass is 32.1. The van der Waals surface area contributed by atoms with Crippen LogP contribution in [-0.4, -0.2) is 30.3 Å². The van der Waals surface area contributed by atoms with Crippen molar-refractivity contribution in [3.63, 3.8) is 0 Å². The third-order valence-corrected chi connectivity index (χ3v) is 5.88. The number of fused-ring (bicyclic) bond motifs is 2. The average molecular weight is 412 g/mol. The van der Waals surface area contributed by atoms with E-state index in [0.717, 1.165) is 21.3 Å². The molecule has 7 nitrogen and oxygen atoms in total. The molecular weight excluding hydrogens is 392 g/mol. The van der Waals surface area contributed by atoms with Crippen molar-refractivity contribution < 1.29 is 23.8 Å². The standard InChI is InChI=1S/C21H20N2O5S/c1-12-4-5-14(6-13(12)2)7-19(24)22-21-23(10-20(25)26-3)15-8-16-17(28-11-27-16)9-18(15)29-21/h4-6,8-9H,7,10-11H2,1-3H3. The van der Waals surface area contributed by atoms with E-state index in [-0.39, 0.29) is 25.7 Å². The SMILES string of the molecule is COC(=O)Cn1c(=NC(=O)Cc2ccc(C)c(C)c2)sc2cc3c(cc21)OCO3. The van der Waals surface area contributed by atoms with Crippen molar-refractivity contribution >= 4 is 33.4 Å². The first-order chi connectivity index (χ1) is 13.9. The van der Waals surface area contributed by atoms with Crippen LogP contribution in [0.4, 0.5) is 0 Å². The highest BCUT2D eigenvalue weighted by Crippen LogP contribution is 2.37. The molecule has 29 heavy (non-hydrogen) atoms. The number of amides is 1. The molecule has 2 heterocycles. The van der Waals surface area contributed by atoms with E-state index in [9.17, 15) is 9.59 Å². The molecule has 3 aromatic rings. The summed E-state index contributed by atoms with van der Waals surface area (Å²) in [6.07, 6.45) is 0.191. The molecule has 0 saturated carbocycles. The minimum Gasteiger partial charge on any atom is -0.468 e. The monoisotopic (exact) mass is 412 g/mol. The summed E-state index contributed by atoms with van der Waals surface area (Å²) in [7, 11) is 1.33. The van der Waals surface area contributed by atoms with E-state index in [0.29, 0.717) is 16.3 Å². The number of benzene rings is 2. The Labute approximate surface area is 171 Å². The van der Waals surface area contributed by atoms with Gasteiger partial charge in [0.1, 0.15) is 6.54 Å². The fourth-order valence-corrected chi connectivity index (χ4v) is 4.18. The number of nitrogens with zero attached hydrogens (tertiary/aromatic N) is 2. The predicted molar refractivity (Wildman–Crippen MR) is 108 cm³/mol. The Morgan fingerprint density at radius 1 is 1.14 bits per heavy atom. The topological polar surface area (TPSA) is 79.1 Å². The predicted octanol–water partition coefficient (Wildman–Crippen LogP) is 2.89. The fraction of sp³-hybridized carbons (Fsp3) is 0.286. The lowest BCUT2D eigenvalue weighted by Gasteiger charge is -2.05. The van der Waals surface area contributed by atoms with Crippen molar-refractivity contribution in [3.8, 4) is 11.5 Å². The minimum atomic E-state index is -0.426. The number of rotatable bonds is 4. The molecule has 0 bridgehead atoms. The van der Waals surface area contributed by atoms with E-state index in [1.165, 1.54) is 24.0 Å². The lowest BCUT2D eigenvalue weighted by atomic mass is 10.0. The molecular formula is C21H20N2O5S. The Morgan fingerprint density at radius 3 is 2.62 bits per heavy atom. The van der Waals surface area contributed by atoms with Gasteiger partial charge in [0.05, 0.1) is 23.7 Å². The van der Waals surface area contributed by atoms with Crippen molar-refractivity contribution in [2.75, 3.05) is 13.9 Å². The molecule has 0 N–H and O–H groups in total. The summed E-state index contributed by atoms with van der Waals surface area (Å²) < 4.78 is 18.2. The van der Waals surface area contributed by atoms with Gasteiger partial charge < -0.3 is 18.8 Å². The Bertz CT molecular complexity index is 1190. The zero-order valence-corrected chi connectivity index (χ0v) is 17.2. The smallest absolute Gasteiger partial charge is 0.325 e. The number of carbonyl (C=O) groups excluding carboxylic acids is 2. The summed E-state index contributed by atoms with van der Waals surface area (Å²) in [5.41, 5.74) is 3.95. The molecule has 0 atom stereocenters. The maximum Gasteiger partial charge on any atom is 0.325 e. The maximum atomic E-state index is 12.6. The molecule has 150 valence electrons. The second kappa shape index (κ2) is 7.71. The molecule has 1 amide bonds. The number of carbonyl (C=O) groups is 2. The third kappa shape index (κ3) is 3.88. The van der Waals surface area contributed by atoms with Crippen LogP contribution in [-0.2, 0) is 27.3 Å². The summed E-state index contributed by atoms with van der Waals surface area (Å²) >= 11 is 1.32. The molecule has 4 rings (SSSR count). The molecule has 1 aromatic heterocycles. The van der Waals surface area contributed by atoms with E-state index in [1.807, 2.05) is 38.1 Å². The molecule has 0 unspecified atom stereocenters. The number of thiazole rings is 1. The normalized spacial score (nSPS) is 13.1. The van der Waals surface area contributed by atoms with Crippen molar-refractivity contribution in [1.82, 2.24) is 4.57 Å². The van der Waals surface area contributed by atoms with Gasteiger partial charge in [0, 0.05) is 12.1 Å². The van der Waals surface area contributed by atoms with Crippen LogP contribution in [0.5, 0.6) is 11.5 Å². The van der Waals surface area contributed by atoms with Gasteiger partial charge in [0.25, 0.3) is 5.91 Å². The lowest BCUT2D eigenvalue weighted by molar-refractivity contribution is -0.141. The molecule has 1 aliphatic heterocycles. The van der Waals surface area contributed by atoms with Crippen LogP contribution in [0.2, 0.25) is 0 Å². The summed E-state index contributed by atoms with van der Waals surface area (Å²) in [4.78, 5) is 29.3. The van der Waals surface area contributed by atoms with Gasteiger partial charge in [-0.15, -0.1) is 0 Å². The average Bonchev–Trinajstić information content (AvgIpc) is 3.27. The van der Waals surface area contributed by atoms with Crippen molar-refractivity contribution in [2.24, 2.45) is 4.99 Å². The summed E-state index contributed by atoms with van der Waals surface area (Å²) in [6, 6.07) is 9.56. The van der Waals surface area contributed by atoms with Crippen LogP contribution in [0.25, 0.3) is 10.2 Å². The van der Waals surface area contributed by atoms with Gasteiger partial charge in [-0.1, -0.05) is 29.5 Å². The minimum absolute atomic E-state index is 0.0497. The molecule has 0 aliphatic carbocycles. The van der Waals surface area contributed by atoms with Gasteiger partial charge in [0.2, 0.25) is 6.79 Å². The zero-order chi connectivity index (χ0) is 20.5.